The Bertz CT molecular complexity index is 913. The van der Waals surface area contributed by atoms with Crippen LogP contribution < -0.4 is 15.5 Å². The Balaban J connectivity index is 1.85. The molecule has 2 N–H and O–H groups in total. The fourth-order valence-electron chi connectivity index (χ4n) is 3.76. The van der Waals surface area contributed by atoms with Crippen molar-refractivity contribution in [1.29, 1.82) is 0 Å². The average Bonchev–Trinajstić information content (AvgIpc) is 3.14. The number of nitrogens with one attached hydrogen (secondary N) is 1. The van der Waals surface area contributed by atoms with Crippen molar-refractivity contribution in [3.05, 3.63) is 17.6 Å². The third kappa shape index (κ3) is 4.58. The highest BCUT2D eigenvalue weighted by Crippen LogP contribution is 2.38. The highest BCUT2D eigenvalue weighted by Gasteiger charge is 2.52. The van der Waals surface area contributed by atoms with Crippen molar-refractivity contribution in [3.8, 4) is 5.75 Å². The molecule has 1 saturated heterocycles. The molecule has 0 spiro atoms. The van der Waals surface area contributed by atoms with Gasteiger partial charge in [0.05, 0.1) is 27.0 Å². The van der Waals surface area contributed by atoms with Crippen LogP contribution in [0, 0.1) is 5.92 Å². The van der Waals surface area contributed by atoms with Crippen molar-refractivity contribution in [2.24, 2.45) is 5.92 Å². The van der Waals surface area contributed by atoms with E-state index in [4.69, 9.17) is 14.0 Å². The molecule has 0 radical (unpaired) electrons. The summed E-state index contributed by atoms with van der Waals surface area (Å²) in [5, 5.41) is 11.8. The Labute approximate surface area is 182 Å². The first-order valence-electron chi connectivity index (χ1n) is 10.2. The molecule has 1 atom stereocenters. The second-order valence-electron chi connectivity index (χ2n) is 9.65. The highest BCUT2D eigenvalue weighted by atomic mass is 32.1. The van der Waals surface area contributed by atoms with E-state index in [0.717, 1.165) is 15.7 Å². The van der Waals surface area contributed by atoms with Crippen LogP contribution in [-0.4, -0.2) is 46.7 Å². The molecule has 1 aromatic carbocycles. The quantitative estimate of drug-likeness (QED) is 0.640. The second kappa shape index (κ2) is 8.02. The highest BCUT2D eigenvalue weighted by molar-refractivity contribution is 7.18. The van der Waals surface area contributed by atoms with E-state index in [1.807, 2.05) is 46.8 Å². The average molecular weight is 434 g/mol. The minimum atomic E-state index is -1.06. The first-order valence-corrected chi connectivity index (χ1v) is 11.1. The maximum Gasteiger partial charge on any atom is 0.496 e. The topological polar surface area (TPSA) is 89.9 Å². The lowest BCUT2D eigenvalue weighted by molar-refractivity contribution is 0.00578. The number of aromatic nitrogens is 1. The van der Waals surface area contributed by atoms with E-state index in [0.29, 0.717) is 18.1 Å². The molecule has 1 amide bonds. The predicted octanol–water partition coefficient (Wildman–Crippen LogP) is 4.05. The van der Waals surface area contributed by atoms with Gasteiger partial charge in [0.25, 0.3) is 0 Å². The van der Waals surface area contributed by atoms with Crippen LogP contribution in [0.4, 0.5) is 4.79 Å². The summed E-state index contributed by atoms with van der Waals surface area (Å²) < 4.78 is 19.4. The maximum absolute atomic E-state index is 11.3. The number of thiazole rings is 1. The Morgan fingerprint density at radius 1 is 1.30 bits per heavy atom. The van der Waals surface area contributed by atoms with Crippen LogP contribution in [0.15, 0.2) is 17.6 Å². The molecule has 164 valence electrons. The van der Waals surface area contributed by atoms with Gasteiger partial charge in [-0.1, -0.05) is 19.9 Å². The van der Waals surface area contributed by atoms with Crippen LogP contribution in [0.25, 0.3) is 10.2 Å². The van der Waals surface area contributed by atoms with Gasteiger partial charge in [0, 0.05) is 5.46 Å². The normalized spacial score (nSPS) is 19.8. The number of rotatable bonds is 7. The molecule has 2 heterocycles. The van der Waals surface area contributed by atoms with Crippen LogP contribution in [0.1, 0.15) is 54.9 Å². The molecule has 0 aliphatic carbocycles. The van der Waals surface area contributed by atoms with Gasteiger partial charge in [-0.25, -0.2) is 9.78 Å². The van der Waals surface area contributed by atoms with Gasteiger partial charge in [-0.2, -0.15) is 0 Å². The number of benzene rings is 1. The van der Waals surface area contributed by atoms with Crippen molar-refractivity contribution >= 4 is 40.2 Å². The fourth-order valence-corrected chi connectivity index (χ4v) is 4.59. The van der Waals surface area contributed by atoms with Crippen LogP contribution in [0.2, 0.25) is 0 Å². The zero-order valence-corrected chi connectivity index (χ0v) is 19.6. The van der Waals surface area contributed by atoms with Crippen LogP contribution >= 0.6 is 11.3 Å². The van der Waals surface area contributed by atoms with E-state index in [1.54, 1.807) is 5.51 Å². The molecule has 1 aliphatic rings. The van der Waals surface area contributed by atoms with E-state index >= 15 is 0 Å². The number of carbonyl (C=O) groups is 1. The molecular weight excluding hydrogens is 403 g/mol. The lowest BCUT2D eigenvalue weighted by Crippen LogP contribution is -2.50. The lowest BCUT2D eigenvalue weighted by atomic mass is 9.79. The Morgan fingerprint density at radius 3 is 2.50 bits per heavy atom. The van der Waals surface area contributed by atoms with Gasteiger partial charge in [-0.05, 0) is 53.0 Å². The third-order valence-corrected chi connectivity index (χ3v) is 6.67. The third-order valence-electron chi connectivity index (χ3n) is 5.80. The lowest BCUT2D eigenvalue weighted by Gasteiger charge is -2.32. The number of hydrogen-bond donors (Lipinski definition) is 2. The van der Waals surface area contributed by atoms with E-state index in [2.05, 4.69) is 24.1 Å². The van der Waals surface area contributed by atoms with Gasteiger partial charge in [-0.15, -0.1) is 11.3 Å². The molecule has 0 bridgehead atoms. The first kappa shape index (κ1) is 22.8. The number of ether oxygens (including phenoxy) is 1. The Kier molecular flexibility index (Phi) is 6.10. The van der Waals surface area contributed by atoms with Gasteiger partial charge in [-0.3, -0.25) is 0 Å². The smallest absolute Gasteiger partial charge is 0.489 e. The fraction of sp³-hybridized carbons (Fsp3) is 0.619. The van der Waals surface area contributed by atoms with Gasteiger partial charge >= 0.3 is 13.2 Å². The Morgan fingerprint density at radius 2 is 1.93 bits per heavy atom. The summed E-state index contributed by atoms with van der Waals surface area (Å²) in [6.07, 6.45) is -0.400. The van der Waals surface area contributed by atoms with Crippen molar-refractivity contribution in [2.45, 2.75) is 71.6 Å². The van der Waals surface area contributed by atoms with E-state index < -0.39 is 30.0 Å². The monoisotopic (exact) mass is 434 g/mol. The second-order valence-corrected chi connectivity index (χ2v) is 10.5. The largest absolute Gasteiger partial charge is 0.496 e. The zero-order valence-electron chi connectivity index (χ0n) is 18.7. The van der Waals surface area contributed by atoms with E-state index in [1.165, 1.54) is 11.3 Å². The van der Waals surface area contributed by atoms with Crippen LogP contribution in [0.3, 0.4) is 0 Å². The Hall–Kier alpha value is -1.84. The number of amides is 1. The number of fused-ring (bicyclic) bond motifs is 1. The molecular formula is C21H31BN2O5S. The number of hydrogen-bond acceptors (Lipinski definition) is 6. The van der Waals surface area contributed by atoms with Gasteiger partial charge in [0.2, 0.25) is 0 Å². The molecule has 1 unspecified atom stereocenters. The minimum absolute atomic E-state index is 0.208. The molecule has 9 heteroatoms. The molecule has 1 fully saturated rings. The minimum Gasteiger partial charge on any atom is -0.489 e. The van der Waals surface area contributed by atoms with Gasteiger partial charge in [0.15, 0.2) is 0 Å². The number of carboxylic acid groups (broad SMARTS) is 1. The maximum atomic E-state index is 11.3. The molecule has 1 aliphatic heterocycles. The summed E-state index contributed by atoms with van der Waals surface area (Å²) in [6, 6.07) is 3.81. The van der Waals surface area contributed by atoms with Crippen LogP contribution in [0.5, 0.6) is 5.75 Å². The van der Waals surface area contributed by atoms with Crippen LogP contribution in [-0.2, 0) is 9.31 Å². The summed E-state index contributed by atoms with van der Waals surface area (Å²) in [5.74, 6) is 0.934. The summed E-state index contributed by atoms with van der Waals surface area (Å²) in [4.78, 5) is 15.8. The van der Waals surface area contributed by atoms with Crippen molar-refractivity contribution in [1.82, 2.24) is 10.3 Å². The zero-order chi connectivity index (χ0) is 22.3. The van der Waals surface area contributed by atoms with Crippen molar-refractivity contribution in [3.63, 3.8) is 0 Å². The SMILES string of the molecule is CC(C)CC(C)(COc1ccc(B2OC(C)(C)C(C)(C)O2)c2scnc12)NC(=O)O. The molecule has 2 aromatic rings. The van der Waals surface area contributed by atoms with Crippen molar-refractivity contribution in [2.75, 3.05) is 6.61 Å². The summed E-state index contributed by atoms with van der Waals surface area (Å²) in [6.45, 7) is 14.3. The number of nitrogens with zero attached hydrogens (tertiary/aromatic N) is 1. The molecule has 0 saturated carbocycles. The van der Waals surface area contributed by atoms with E-state index in [9.17, 15) is 9.90 Å². The van der Waals surface area contributed by atoms with Crippen molar-refractivity contribution < 1.29 is 23.9 Å². The van der Waals surface area contributed by atoms with E-state index in [-0.39, 0.29) is 6.61 Å². The standard InChI is InChI=1S/C21H31BN2O5S/c1-13(2)10-21(7,24-18(25)26)11-27-15-9-8-14(17-16(15)23-12-30-17)22-28-19(3,4)20(5,6)29-22/h8-9,12-13,24H,10-11H2,1-7H3,(H,25,26). The molecule has 7 nitrogen and oxygen atoms in total. The molecule has 30 heavy (non-hydrogen) atoms. The summed E-state index contributed by atoms with van der Waals surface area (Å²) >= 11 is 1.51. The molecule has 3 rings (SSSR count). The summed E-state index contributed by atoms with van der Waals surface area (Å²) in [7, 11) is -0.480. The van der Waals surface area contributed by atoms with Gasteiger partial charge < -0.3 is 24.5 Å². The summed E-state index contributed by atoms with van der Waals surface area (Å²) in [5.41, 5.74) is 1.87. The molecule has 1 aromatic heterocycles. The predicted molar refractivity (Wildman–Crippen MR) is 120 cm³/mol. The van der Waals surface area contributed by atoms with Gasteiger partial charge in [0.1, 0.15) is 17.9 Å². The first-order chi connectivity index (χ1) is 13.8.